The molecule has 3 N–H and O–H groups in total. The zero-order valence-electron chi connectivity index (χ0n) is 12.2. The van der Waals surface area contributed by atoms with Crippen LogP contribution in [-0.2, 0) is 0 Å². The second kappa shape index (κ2) is 5.34. The largest absolute Gasteiger partial charge is 0.377 e. The zero-order valence-corrected chi connectivity index (χ0v) is 12.9. The Morgan fingerprint density at radius 2 is 2.00 bits per heavy atom. The third-order valence-electron chi connectivity index (χ3n) is 4.12. The van der Waals surface area contributed by atoms with Crippen LogP contribution in [0.4, 0.5) is 5.69 Å². The molecule has 2 nitrogen and oxygen atoms in total. The number of anilines is 1. The molecule has 0 heterocycles. The minimum atomic E-state index is -0.0356. The lowest BCUT2D eigenvalue weighted by Gasteiger charge is -2.48. The predicted octanol–water partition coefficient (Wildman–Crippen LogP) is 4.30. The number of hydrogen-bond acceptors (Lipinski definition) is 2. The highest BCUT2D eigenvalue weighted by atomic mass is 35.5. The summed E-state index contributed by atoms with van der Waals surface area (Å²) < 4.78 is 0. The van der Waals surface area contributed by atoms with Crippen molar-refractivity contribution < 1.29 is 0 Å². The third kappa shape index (κ3) is 3.43. The molecule has 0 bridgehead atoms. The summed E-state index contributed by atoms with van der Waals surface area (Å²) in [6.45, 7) is 7.63. The Bertz CT molecular complexity index is 444. The molecule has 0 amide bonds. The fourth-order valence-electron chi connectivity index (χ4n) is 3.89. The predicted molar refractivity (Wildman–Crippen MR) is 83.7 cm³/mol. The van der Waals surface area contributed by atoms with Crippen LogP contribution < -0.4 is 11.1 Å². The summed E-state index contributed by atoms with van der Waals surface area (Å²) in [5.74, 6) is 0.683. The Kier molecular flexibility index (Phi) is 4.12. The van der Waals surface area contributed by atoms with Gasteiger partial charge in [-0.05, 0) is 42.7 Å². The molecule has 2 rings (SSSR count). The first-order chi connectivity index (χ1) is 8.86. The topological polar surface area (TPSA) is 38.0 Å². The molecule has 1 aromatic rings. The van der Waals surface area contributed by atoms with Gasteiger partial charge in [0.1, 0.15) is 0 Å². The lowest BCUT2D eigenvalue weighted by molar-refractivity contribution is 0.125. The molecule has 0 spiro atoms. The molecular weight excluding hydrogens is 256 g/mol. The summed E-state index contributed by atoms with van der Waals surface area (Å²) in [4.78, 5) is 0. The van der Waals surface area contributed by atoms with E-state index >= 15 is 0 Å². The summed E-state index contributed by atoms with van der Waals surface area (Å²) in [6, 6.07) is 7.92. The van der Waals surface area contributed by atoms with Crippen LogP contribution in [-0.4, -0.2) is 12.1 Å². The molecule has 1 aliphatic rings. The first-order valence-corrected chi connectivity index (χ1v) is 7.46. The van der Waals surface area contributed by atoms with E-state index in [9.17, 15) is 0 Å². The first-order valence-electron chi connectivity index (χ1n) is 7.09. The number of rotatable bonds is 3. The zero-order chi connectivity index (χ0) is 14.1. The Hall–Kier alpha value is -0.730. The average molecular weight is 281 g/mol. The molecule has 3 heteroatoms. The molecule has 106 valence electrons. The van der Waals surface area contributed by atoms with Crippen molar-refractivity contribution in [2.24, 2.45) is 17.1 Å². The maximum atomic E-state index is 6.27. The molecular formula is C16H25ClN2. The molecule has 1 aromatic carbocycles. The molecule has 1 fully saturated rings. The van der Waals surface area contributed by atoms with E-state index in [-0.39, 0.29) is 5.54 Å². The SMILES string of the molecule is CC1CC(C)(C)CC(CN)(Nc2ccccc2Cl)C1. The van der Waals surface area contributed by atoms with E-state index in [1.165, 1.54) is 6.42 Å². The van der Waals surface area contributed by atoms with Crippen molar-refractivity contribution in [3.8, 4) is 0 Å². The summed E-state index contributed by atoms with van der Waals surface area (Å²) in [6.07, 6.45) is 3.46. The van der Waals surface area contributed by atoms with Gasteiger partial charge in [-0.25, -0.2) is 0 Å². The molecule has 0 saturated heterocycles. The van der Waals surface area contributed by atoms with Gasteiger partial charge in [-0.15, -0.1) is 0 Å². The smallest absolute Gasteiger partial charge is 0.0637 e. The van der Waals surface area contributed by atoms with Crippen molar-refractivity contribution in [2.75, 3.05) is 11.9 Å². The standard InChI is InChI=1S/C16H25ClN2/c1-12-8-15(2,3)10-16(9-12,11-18)19-14-7-5-4-6-13(14)17/h4-7,12,19H,8-11,18H2,1-3H3. The Morgan fingerprint density at radius 3 is 2.58 bits per heavy atom. The van der Waals surface area contributed by atoms with E-state index in [4.69, 9.17) is 17.3 Å². The van der Waals surface area contributed by atoms with Crippen LogP contribution in [0.15, 0.2) is 24.3 Å². The van der Waals surface area contributed by atoms with Crippen molar-refractivity contribution in [3.05, 3.63) is 29.3 Å². The van der Waals surface area contributed by atoms with Gasteiger partial charge < -0.3 is 11.1 Å². The van der Waals surface area contributed by atoms with Gasteiger partial charge in [0.25, 0.3) is 0 Å². The highest BCUT2D eigenvalue weighted by molar-refractivity contribution is 6.33. The fourth-order valence-corrected chi connectivity index (χ4v) is 4.08. The van der Waals surface area contributed by atoms with Crippen LogP contribution in [0.3, 0.4) is 0 Å². The second-order valence-corrected chi connectivity index (χ2v) is 7.35. The van der Waals surface area contributed by atoms with Crippen molar-refractivity contribution in [1.29, 1.82) is 0 Å². The van der Waals surface area contributed by atoms with E-state index in [0.717, 1.165) is 23.6 Å². The lowest BCUT2D eigenvalue weighted by atomic mass is 9.64. The number of para-hydroxylation sites is 1. The van der Waals surface area contributed by atoms with Gasteiger partial charge in [-0.3, -0.25) is 0 Å². The van der Waals surface area contributed by atoms with Crippen LogP contribution in [0.5, 0.6) is 0 Å². The maximum Gasteiger partial charge on any atom is 0.0637 e. The van der Waals surface area contributed by atoms with E-state index in [1.54, 1.807) is 0 Å². The number of nitrogens with one attached hydrogen (secondary N) is 1. The molecule has 0 aliphatic heterocycles. The number of hydrogen-bond donors (Lipinski definition) is 2. The van der Waals surface area contributed by atoms with Crippen molar-refractivity contribution in [2.45, 2.75) is 45.6 Å². The Morgan fingerprint density at radius 1 is 1.32 bits per heavy atom. The van der Waals surface area contributed by atoms with Gasteiger partial charge in [-0.1, -0.05) is 44.5 Å². The van der Waals surface area contributed by atoms with Gasteiger partial charge in [0, 0.05) is 6.54 Å². The molecule has 19 heavy (non-hydrogen) atoms. The summed E-state index contributed by atoms with van der Waals surface area (Å²) >= 11 is 6.27. The Labute approximate surface area is 121 Å². The minimum absolute atomic E-state index is 0.0356. The molecule has 1 aliphatic carbocycles. The van der Waals surface area contributed by atoms with Crippen LogP contribution >= 0.6 is 11.6 Å². The van der Waals surface area contributed by atoms with Gasteiger partial charge in [0.05, 0.1) is 16.2 Å². The van der Waals surface area contributed by atoms with Crippen LogP contribution in [0.25, 0.3) is 0 Å². The normalized spacial score (nSPS) is 30.1. The van der Waals surface area contributed by atoms with Crippen LogP contribution in [0.1, 0.15) is 40.0 Å². The number of nitrogens with two attached hydrogens (primary N) is 1. The van der Waals surface area contributed by atoms with E-state index in [0.29, 0.717) is 17.9 Å². The fraction of sp³-hybridized carbons (Fsp3) is 0.625. The van der Waals surface area contributed by atoms with Crippen molar-refractivity contribution in [3.63, 3.8) is 0 Å². The number of halogens is 1. The summed E-state index contributed by atoms with van der Waals surface area (Å²) in [5, 5.41) is 4.41. The monoisotopic (exact) mass is 280 g/mol. The van der Waals surface area contributed by atoms with E-state index in [1.807, 2.05) is 24.3 Å². The molecule has 0 aromatic heterocycles. The van der Waals surface area contributed by atoms with Gasteiger partial charge >= 0.3 is 0 Å². The molecule has 0 radical (unpaired) electrons. The molecule has 1 saturated carbocycles. The minimum Gasteiger partial charge on any atom is -0.377 e. The lowest BCUT2D eigenvalue weighted by Crippen LogP contribution is -2.53. The van der Waals surface area contributed by atoms with Gasteiger partial charge in [-0.2, -0.15) is 0 Å². The Balaban J connectivity index is 2.25. The van der Waals surface area contributed by atoms with E-state index in [2.05, 4.69) is 26.1 Å². The third-order valence-corrected chi connectivity index (χ3v) is 4.45. The summed E-state index contributed by atoms with van der Waals surface area (Å²) in [7, 11) is 0. The first kappa shape index (κ1) is 14.7. The maximum absolute atomic E-state index is 6.27. The van der Waals surface area contributed by atoms with Crippen LogP contribution in [0, 0.1) is 11.3 Å². The highest BCUT2D eigenvalue weighted by Gasteiger charge is 2.42. The van der Waals surface area contributed by atoms with E-state index < -0.39 is 0 Å². The van der Waals surface area contributed by atoms with Crippen molar-refractivity contribution >= 4 is 17.3 Å². The molecule has 2 atom stereocenters. The quantitative estimate of drug-likeness (QED) is 0.866. The summed E-state index contributed by atoms with van der Waals surface area (Å²) in [5.41, 5.74) is 7.40. The van der Waals surface area contributed by atoms with Crippen molar-refractivity contribution in [1.82, 2.24) is 0 Å². The van der Waals surface area contributed by atoms with Crippen LogP contribution in [0.2, 0.25) is 5.02 Å². The highest BCUT2D eigenvalue weighted by Crippen LogP contribution is 2.45. The second-order valence-electron chi connectivity index (χ2n) is 6.94. The van der Waals surface area contributed by atoms with Gasteiger partial charge in [0.2, 0.25) is 0 Å². The van der Waals surface area contributed by atoms with Gasteiger partial charge in [0.15, 0.2) is 0 Å². The molecule has 2 unspecified atom stereocenters. The average Bonchev–Trinajstić information content (AvgIpc) is 2.29. The number of benzene rings is 1.